The van der Waals surface area contributed by atoms with Crippen molar-refractivity contribution >= 4 is 5.57 Å². The first-order chi connectivity index (χ1) is 12.7. The van der Waals surface area contributed by atoms with E-state index in [2.05, 4.69) is 60.3 Å². The van der Waals surface area contributed by atoms with Crippen LogP contribution >= 0.6 is 0 Å². The van der Waals surface area contributed by atoms with E-state index in [1.54, 1.807) is 0 Å². The van der Waals surface area contributed by atoms with Crippen LogP contribution in [0.5, 0.6) is 0 Å². The summed E-state index contributed by atoms with van der Waals surface area (Å²) in [5, 5.41) is 0. The molecule has 0 N–H and O–H groups in total. The van der Waals surface area contributed by atoms with E-state index in [-0.39, 0.29) is 5.82 Å². The highest BCUT2D eigenvalue weighted by molar-refractivity contribution is 5.82. The number of nitrogens with zero attached hydrogens (tertiary/aromatic N) is 1. The molecule has 0 aliphatic heterocycles. The van der Waals surface area contributed by atoms with Crippen LogP contribution in [0.1, 0.15) is 34.2 Å². The maximum Gasteiger partial charge on any atom is 0.169 e. The molecule has 0 amide bonds. The van der Waals surface area contributed by atoms with Gasteiger partial charge in [-0.25, -0.2) is 8.96 Å². The number of allylic oxidation sites excluding steroid dienone is 1. The number of fused-ring (bicyclic) bond motifs is 1. The van der Waals surface area contributed by atoms with E-state index in [1.807, 2.05) is 12.1 Å². The van der Waals surface area contributed by atoms with Crippen LogP contribution in [0, 0.1) is 12.7 Å². The normalized spacial score (nSPS) is 13.2. The second-order valence-corrected chi connectivity index (χ2v) is 7.02. The third kappa shape index (κ3) is 3.60. The Bertz CT molecular complexity index is 937. The summed E-state index contributed by atoms with van der Waals surface area (Å²) < 4.78 is 15.2. The van der Waals surface area contributed by atoms with Crippen molar-refractivity contribution in [3.05, 3.63) is 107 Å². The molecule has 2 heteroatoms. The summed E-state index contributed by atoms with van der Waals surface area (Å²) >= 11 is 0. The summed E-state index contributed by atoms with van der Waals surface area (Å²) in [7, 11) is 0. The van der Waals surface area contributed by atoms with Crippen molar-refractivity contribution in [2.24, 2.45) is 0 Å². The van der Waals surface area contributed by atoms with E-state index in [1.165, 1.54) is 40.0 Å². The molecule has 1 aliphatic carbocycles. The third-order valence-electron chi connectivity index (χ3n) is 5.09. The molecule has 1 heterocycles. The van der Waals surface area contributed by atoms with Crippen LogP contribution in [-0.4, -0.2) is 0 Å². The highest BCUT2D eigenvalue weighted by atomic mass is 19.1. The Kier molecular flexibility index (Phi) is 4.66. The van der Waals surface area contributed by atoms with Crippen LogP contribution in [-0.2, 0) is 19.4 Å². The number of aryl methyl sites for hydroxylation is 4. The van der Waals surface area contributed by atoms with Gasteiger partial charge in [-0.3, -0.25) is 0 Å². The molecular formula is C24H23FN+. The van der Waals surface area contributed by atoms with Crippen molar-refractivity contribution < 1.29 is 8.96 Å². The van der Waals surface area contributed by atoms with E-state index in [0.717, 1.165) is 31.4 Å². The molecule has 3 aromatic rings. The fourth-order valence-corrected chi connectivity index (χ4v) is 3.64. The van der Waals surface area contributed by atoms with Gasteiger partial charge in [-0.05, 0) is 59.7 Å². The van der Waals surface area contributed by atoms with Gasteiger partial charge >= 0.3 is 0 Å². The largest absolute Gasteiger partial charge is 0.207 e. The Morgan fingerprint density at radius 3 is 2.50 bits per heavy atom. The molecule has 0 bridgehead atoms. The summed E-state index contributed by atoms with van der Waals surface area (Å²) in [6.07, 6.45) is 9.77. The average molecular weight is 344 g/mol. The number of aromatic nitrogens is 1. The summed E-state index contributed by atoms with van der Waals surface area (Å²) in [6.45, 7) is 3.05. The highest BCUT2D eigenvalue weighted by Crippen LogP contribution is 2.31. The standard InChI is InChI=1S/C24H23FN/c1-18-5-10-24-21(17-18)3-2-4-23(24)20-12-15-26(16-13-20)14-11-19-6-8-22(25)9-7-19/h4-10,12-13,15-17H,2-3,11,14H2,1H3/q+1. The minimum absolute atomic E-state index is 0.179. The molecule has 4 rings (SSSR count). The Hall–Kier alpha value is -2.74. The molecule has 26 heavy (non-hydrogen) atoms. The second kappa shape index (κ2) is 7.25. The number of hydrogen-bond acceptors (Lipinski definition) is 0. The Labute approximate surface area is 154 Å². The Balaban J connectivity index is 1.50. The lowest BCUT2D eigenvalue weighted by atomic mass is 9.86. The van der Waals surface area contributed by atoms with E-state index in [4.69, 9.17) is 0 Å². The van der Waals surface area contributed by atoms with Gasteiger partial charge in [-0.15, -0.1) is 0 Å². The molecule has 0 atom stereocenters. The lowest BCUT2D eigenvalue weighted by molar-refractivity contribution is -0.696. The molecule has 0 fully saturated rings. The van der Waals surface area contributed by atoms with Crippen molar-refractivity contribution in [3.63, 3.8) is 0 Å². The van der Waals surface area contributed by atoms with Crippen LogP contribution in [0.2, 0.25) is 0 Å². The quantitative estimate of drug-likeness (QED) is 0.584. The topological polar surface area (TPSA) is 3.88 Å². The van der Waals surface area contributed by atoms with Gasteiger partial charge in [-0.2, -0.15) is 0 Å². The molecule has 1 nitrogen and oxygen atoms in total. The van der Waals surface area contributed by atoms with Crippen LogP contribution in [0.15, 0.2) is 73.1 Å². The molecule has 0 radical (unpaired) electrons. The first-order valence-corrected chi connectivity index (χ1v) is 9.23. The number of halogens is 1. The van der Waals surface area contributed by atoms with Gasteiger partial charge < -0.3 is 0 Å². The first-order valence-electron chi connectivity index (χ1n) is 9.23. The second-order valence-electron chi connectivity index (χ2n) is 7.02. The zero-order valence-electron chi connectivity index (χ0n) is 15.1. The van der Waals surface area contributed by atoms with E-state index < -0.39 is 0 Å². The van der Waals surface area contributed by atoms with Crippen LogP contribution in [0.3, 0.4) is 0 Å². The lowest BCUT2D eigenvalue weighted by Gasteiger charge is -2.18. The number of rotatable bonds is 4. The van der Waals surface area contributed by atoms with Crippen molar-refractivity contribution in [2.75, 3.05) is 0 Å². The van der Waals surface area contributed by atoms with Gasteiger partial charge in [0.15, 0.2) is 18.9 Å². The van der Waals surface area contributed by atoms with Crippen molar-refractivity contribution in [1.29, 1.82) is 0 Å². The van der Waals surface area contributed by atoms with E-state index in [9.17, 15) is 4.39 Å². The monoisotopic (exact) mass is 344 g/mol. The maximum atomic E-state index is 13.0. The first kappa shape index (κ1) is 16.7. The molecule has 2 aromatic carbocycles. The number of pyridine rings is 1. The van der Waals surface area contributed by atoms with Gasteiger partial charge in [0.25, 0.3) is 0 Å². The van der Waals surface area contributed by atoms with Gasteiger partial charge in [0.2, 0.25) is 0 Å². The average Bonchev–Trinajstić information content (AvgIpc) is 2.67. The minimum Gasteiger partial charge on any atom is -0.207 e. The predicted molar refractivity (Wildman–Crippen MR) is 103 cm³/mol. The molecule has 0 saturated heterocycles. The molecule has 0 unspecified atom stereocenters. The van der Waals surface area contributed by atoms with Gasteiger partial charge in [0, 0.05) is 18.6 Å². The van der Waals surface area contributed by atoms with E-state index >= 15 is 0 Å². The van der Waals surface area contributed by atoms with Crippen molar-refractivity contribution in [1.82, 2.24) is 0 Å². The number of hydrogen-bond donors (Lipinski definition) is 0. The Morgan fingerprint density at radius 1 is 0.962 bits per heavy atom. The molecule has 0 saturated carbocycles. The molecule has 130 valence electrons. The van der Waals surface area contributed by atoms with Crippen molar-refractivity contribution in [2.45, 2.75) is 32.7 Å². The SMILES string of the molecule is Cc1ccc2c(c1)CCC=C2c1cc[n+](CCc2ccc(F)cc2)cc1. The number of benzene rings is 2. The van der Waals surface area contributed by atoms with Gasteiger partial charge in [0.1, 0.15) is 5.82 Å². The zero-order valence-corrected chi connectivity index (χ0v) is 15.1. The molecule has 1 aliphatic rings. The molecule has 0 spiro atoms. The van der Waals surface area contributed by atoms with Gasteiger partial charge in [-0.1, -0.05) is 42.0 Å². The smallest absolute Gasteiger partial charge is 0.169 e. The lowest BCUT2D eigenvalue weighted by Crippen LogP contribution is -2.33. The van der Waals surface area contributed by atoms with E-state index in [0.29, 0.717) is 0 Å². The summed E-state index contributed by atoms with van der Waals surface area (Å²) in [4.78, 5) is 0. The van der Waals surface area contributed by atoms with Crippen molar-refractivity contribution in [3.8, 4) is 0 Å². The van der Waals surface area contributed by atoms with Crippen LogP contribution < -0.4 is 4.57 Å². The summed E-state index contributed by atoms with van der Waals surface area (Å²) in [5.41, 5.74) is 7.92. The summed E-state index contributed by atoms with van der Waals surface area (Å²) in [5.74, 6) is -0.179. The predicted octanol–water partition coefficient (Wildman–Crippen LogP) is 5.04. The fourth-order valence-electron chi connectivity index (χ4n) is 3.64. The van der Waals surface area contributed by atoms with Gasteiger partial charge in [0.05, 0.1) is 0 Å². The molecule has 1 aromatic heterocycles. The zero-order chi connectivity index (χ0) is 17.9. The Morgan fingerprint density at radius 2 is 1.73 bits per heavy atom. The summed E-state index contributed by atoms with van der Waals surface area (Å²) in [6, 6.07) is 17.9. The van der Waals surface area contributed by atoms with Crippen LogP contribution in [0.25, 0.3) is 5.57 Å². The van der Waals surface area contributed by atoms with Crippen LogP contribution in [0.4, 0.5) is 4.39 Å². The molecular weight excluding hydrogens is 321 g/mol. The highest BCUT2D eigenvalue weighted by Gasteiger charge is 2.15. The fraction of sp³-hybridized carbons (Fsp3) is 0.208. The minimum atomic E-state index is -0.179. The third-order valence-corrected chi connectivity index (χ3v) is 5.09. The maximum absolute atomic E-state index is 13.0.